The number of hydrogen-bond donors (Lipinski definition) is 2. The molecule has 108 valence electrons. The van der Waals surface area contributed by atoms with Gasteiger partial charge in [-0.05, 0) is 24.7 Å². The van der Waals surface area contributed by atoms with Gasteiger partial charge < -0.3 is 10.4 Å². The summed E-state index contributed by atoms with van der Waals surface area (Å²) in [5.74, 6) is 0.271. The topological polar surface area (TPSA) is 49.3 Å². The van der Waals surface area contributed by atoms with Crippen molar-refractivity contribution in [1.29, 1.82) is 0 Å². The van der Waals surface area contributed by atoms with Crippen LogP contribution in [-0.2, 0) is 4.79 Å². The summed E-state index contributed by atoms with van der Waals surface area (Å²) < 4.78 is 0. The molecule has 3 heteroatoms. The first kappa shape index (κ1) is 17.4. The lowest BCUT2D eigenvalue weighted by atomic mass is 9.84. The highest BCUT2D eigenvalue weighted by molar-refractivity contribution is 5.78. The number of amides is 1. The van der Waals surface area contributed by atoms with Gasteiger partial charge in [-0.3, -0.25) is 4.79 Å². The minimum atomic E-state index is -0.0125. The van der Waals surface area contributed by atoms with Crippen molar-refractivity contribution in [3.63, 3.8) is 0 Å². The molecule has 0 fully saturated rings. The van der Waals surface area contributed by atoms with Crippen LogP contribution in [0, 0.1) is 11.3 Å². The third kappa shape index (κ3) is 6.39. The van der Waals surface area contributed by atoms with Gasteiger partial charge in [0.15, 0.2) is 0 Å². The van der Waals surface area contributed by atoms with Crippen molar-refractivity contribution in [3.05, 3.63) is 0 Å². The van der Waals surface area contributed by atoms with Gasteiger partial charge in [-0.1, -0.05) is 47.5 Å². The molecule has 0 aliphatic heterocycles. The minimum absolute atomic E-state index is 0.0125. The Bertz CT molecular complexity index is 233. The van der Waals surface area contributed by atoms with E-state index in [9.17, 15) is 4.79 Å². The maximum Gasteiger partial charge on any atom is 0.223 e. The molecule has 0 aromatic heterocycles. The average Bonchev–Trinajstić information content (AvgIpc) is 2.28. The second-order valence-electron chi connectivity index (χ2n) is 6.19. The van der Waals surface area contributed by atoms with Crippen LogP contribution in [0.5, 0.6) is 0 Å². The zero-order valence-electron chi connectivity index (χ0n) is 12.8. The Morgan fingerprint density at radius 2 is 1.83 bits per heavy atom. The van der Waals surface area contributed by atoms with Gasteiger partial charge >= 0.3 is 0 Å². The zero-order valence-corrected chi connectivity index (χ0v) is 12.8. The van der Waals surface area contributed by atoms with Gasteiger partial charge in [-0.15, -0.1) is 0 Å². The standard InChI is InChI=1S/C15H31NO2/c1-6-8-9-12(7-2)14(18)16-13(10-11-17)15(3,4)5/h12-13,17H,6-11H2,1-5H3,(H,16,18). The monoisotopic (exact) mass is 257 g/mol. The molecule has 0 heterocycles. The normalized spacial score (nSPS) is 15.2. The fourth-order valence-corrected chi connectivity index (χ4v) is 2.11. The molecule has 0 bridgehead atoms. The van der Waals surface area contributed by atoms with Crippen LogP contribution in [-0.4, -0.2) is 23.7 Å². The van der Waals surface area contributed by atoms with Gasteiger partial charge in [0.2, 0.25) is 5.91 Å². The van der Waals surface area contributed by atoms with E-state index in [2.05, 4.69) is 39.9 Å². The van der Waals surface area contributed by atoms with Gasteiger partial charge in [-0.2, -0.15) is 0 Å². The van der Waals surface area contributed by atoms with Crippen LogP contribution >= 0.6 is 0 Å². The molecule has 2 unspecified atom stereocenters. The lowest BCUT2D eigenvalue weighted by molar-refractivity contribution is -0.127. The summed E-state index contributed by atoms with van der Waals surface area (Å²) >= 11 is 0. The molecule has 0 spiro atoms. The number of unbranched alkanes of at least 4 members (excludes halogenated alkanes) is 1. The van der Waals surface area contributed by atoms with Crippen LogP contribution < -0.4 is 5.32 Å². The van der Waals surface area contributed by atoms with Crippen molar-refractivity contribution < 1.29 is 9.90 Å². The molecule has 0 saturated heterocycles. The first-order valence-corrected chi connectivity index (χ1v) is 7.28. The Hall–Kier alpha value is -0.570. The van der Waals surface area contributed by atoms with Crippen LogP contribution in [0.1, 0.15) is 66.7 Å². The summed E-state index contributed by atoms with van der Waals surface area (Å²) in [5, 5.41) is 12.2. The summed E-state index contributed by atoms with van der Waals surface area (Å²) in [6.45, 7) is 10.6. The van der Waals surface area contributed by atoms with Crippen molar-refractivity contribution in [1.82, 2.24) is 5.32 Å². The van der Waals surface area contributed by atoms with Gasteiger partial charge in [0, 0.05) is 18.6 Å². The molecule has 0 saturated carbocycles. The molecule has 18 heavy (non-hydrogen) atoms. The van der Waals surface area contributed by atoms with E-state index < -0.39 is 0 Å². The maximum absolute atomic E-state index is 12.2. The Morgan fingerprint density at radius 1 is 1.22 bits per heavy atom. The molecular formula is C15H31NO2. The van der Waals surface area contributed by atoms with E-state index in [1.54, 1.807) is 0 Å². The van der Waals surface area contributed by atoms with Crippen molar-refractivity contribution >= 4 is 5.91 Å². The number of aliphatic hydroxyl groups excluding tert-OH is 1. The maximum atomic E-state index is 12.2. The molecule has 0 radical (unpaired) electrons. The molecule has 1 amide bonds. The largest absolute Gasteiger partial charge is 0.396 e. The molecule has 3 nitrogen and oxygen atoms in total. The highest BCUT2D eigenvalue weighted by Crippen LogP contribution is 2.23. The minimum Gasteiger partial charge on any atom is -0.396 e. The predicted molar refractivity (Wildman–Crippen MR) is 76.4 cm³/mol. The Kier molecular flexibility index (Phi) is 8.25. The Morgan fingerprint density at radius 3 is 2.22 bits per heavy atom. The van der Waals surface area contributed by atoms with Crippen molar-refractivity contribution in [2.45, 2.75) is 72.8 Å². The molecule has 0 aromatic carbocycles. The van der Waals surface area contributed by atoms with Crippen molar-refractivity contribution in [3.8, 4) is 0 Å². The highest BCUT2D eigenvalue weighted by atomic mass is 16.3. The fraction of sp³-hybridized carbons (Fsp3) is 0.933. The fourth-order valence-electron chi connectivity index (χ4n) is 2.11. The van der Waals surface area contributed by atoms with Gasteiger partial charge in [0.05, 0.1) is 0 Å². The van der Waals surface area contributed by atoms with Gasteiger partial charge in [-0.25, -0.2) is 0 Å². The Labute approximate surface area is 112 Å². The van der Waals surface area contributed by atoms with E-state index in [4.69, 9.17) is 5.11 Å². The van der Waals surface area contributed by atoms with E-state index in [0.717, 1.165) is 25.7 Å². The number of aliphatic hydroxyl groups is 1. The van der Waals surface area contributed by atoms with E-state index in [1.165, 1.54) is 0 Å². The molecule has 0 aliphatic carbocycles. The highest BCUT2D eigenvalue weighted by Gasteiger charge is 2.27. The molecule has 0 aliphatic rings. The molecule has 0 aromatic rings. The molecule has 2 atom stereocenters. The number of hydrogen-bond acceptors (Lipinski definition) is 2. The average molecular weight is 257 g/mol. The third-order valence-corrected chi connectivity index (χ3v) is 3.55. The summed E-state index contributed by atoms with van der Waals surface area (Å²) in [4.78, 5) is 12.2. The lowest BCUT2D eigenvalue weighted by Crippen LogP contribution is -2.46. The van der Waals surface area contributed by atoms with Crippen molar-refractivity contribution in [2.24, 2.45) is 11.3 Å². The SMILES string of the molecule is CCCCC(CC)C(=O)NC(CCO)C(C)(C)C. The van der Waals surface area contributed by atoms with Crippen molar-refractivity contribution in [2.75, 3.05) is 6.61 Å². The molecule has 0 rings (SSSR count). The summed E-state index contributed by atoms with van der Waals surface area (Å²) in [6.07, 6.45) is 4.71. The molecule has 2 N–H and O–H groups in total. The second kappa shape index (κ2) is 8.52. The van der Waals surface area contributed by atoms with Crippen LogP contribution in [0.25, 0.3) is 0 Å². The zero-order chi connectivity index (χ0) is 14.2. The summed E-state index contributed by atoms with van der Waals surface area (Å²) in [6, 6.07) is 0.0469. The number of carbonyl (C=O) groups excluding carboxylic acids is 1. The third-order valence-electron chi connectivity index (χ3n) is 3.55. The first-order valence-electron chi connectivity index (χ1n) is 7.28. The second-order valence-corrected chi connectivity index (χ2v) is 6.19. The predicted octanol–water partition coefficient (Wildman–Crippen LogP) is 3.12. The van der Waals surface area contributed by atoms with Crippen LogP contribution in [0.15, 0.2) is 0 Å². The van der Waals surface area contributed by atoms with Gasteiger partial charge in [0.25, 0.3) is 0 Å². The van der Waals surface area contributed by atoms with E-state index in [1.807, 2.05) is 0 Å². The van der Waals surface area contributed by atoms with E-state index >= 15 is 0 Å². The number of nitrogens with one attached hydrogen (secondary N) is 1. The number of rotatable bonds is 8. The molecular weight excluding hydrogens is 226 g/mol. The van der Waals surface area contributed by atoms with Gasteiger partial charge in [0.1, 0.15) is 0 Å². The lowest BCUT2D eigenvalue weighted by Gasteiger charge is -2.32. The number of carbonyl (C=O) groups is 1. The van der Waals surface area contributed by atoms with E-state index in [-0.39, 0.29) is 29.9 Å². The summed E-state index contributed by atoms with van der Waals surface area (Å²) in [5.41, 5.74) is -0.0125. The smallest absolute Gasteiger partial charge is 0.223 e. The van der Waals surface area contributed by atoms with Crippen LogP contribution in [0.4, 0.5) is 0 Å². The Balaban J connectivity index is 4.46. The first-order chi connectivity index (χ1) is 8.36. The summed E-state index contributed by atoms with van der Waals surface area (Å²) in [7, 11) is 0. The van der Waals surface area contributed by atoms with Crippen LogP contribution in [0.2, 0.25) is 0 Å². The van der Waals surface area contributed by atoms with Crippen LogP contribution in [0.3, 0.4) is 0 Å². The quantitative estimate of drug-likeness (QED) is 0.702. The van der Waals surface area contributed by atoms with E-state index in [0.29, 0.717) is 6.42 Å².